The topological polar surface area (TPSA) is 9.23 Å². The molecule has 0 N–H and O–H groups in total. The van der Waals surface area contributed by atoms with Crippen molar-refractivity contribution in [2.75, 3.05) is 11.0 Å². The van der Waals surface area contributed by atoms with Gasteiger partial charge >= 0.3 is 0 Å². The molecule has 0 fully saturated rings. The first-order valence-corrected chi connectivity index (χ1v) is 8.17. The summed E-state index contributed by atoms with van der Waals surface area (Å²) in [6, 6.07) is 19.5. The average molecular weight is 364 g/mol. The minimum Gasteiger partial charge on any atom is -0.375 e. The first kappa shape index (κ1) is 13.1. The summed E-state index contributed by atoms with van der Waals surface area (Å²) >= 11 is 2.47. The molecule has 0 bridgehead atoms. The van der Waals surface area contributed by atoms with Gasteiger partial charge in [-0.15, -0.1) is 0 Å². The summed E-state index contributed by atoms with van der Waals surface area (Å²) in [6.45, 7) is 1.53. The van der Waals surface area contributed by atoms with Crippen LogP contribution in [0.1, 0.15) is 23.1 Å². The van der Waals surface area contributed by atoms with E-state index in [9.17, 15) is 0 Å². The standard InChI is InChI=1S/C17H17IO/c18-11-10-17(15-7-2-1-3-8-15)13-19-12-14-6-4-5-9-16(14)17/h1-9H,10-13H2. The summed E-state index contributed by atoms with van der Waals surface area (Å²) in [5.74, 6) is 0. The van der Waals surface area contributed by atoms with E-state index in [1.54, 1.807) is 0 Å². The summed E-state index contributed by atoms with van der Waals surface area (Å²) in [7, 11) is 0. The largest absolute Gasteiger partial charge is 0.375 e. The molecule has 3 rings (SSSR count). The first-order valence-electron chi connectivity index (χ1n) is 6.64. The summed E-state index contributed by atoms with van der Waals surface area (Å²) in [4.78, 5) is 0. The lowest BCUT2D eigenvalue weighted by atomic mass is 9.70. The highest BCUT2D eigenvalue weighted by molar-refractivity contribution is 14.1. The van der Waals surface area contributed by atoms with Crippen LogP contribution in [0.3, 0.4) is 0 Å². The molecule has 0 amide bonds. The number of benzene rings is 2. The minimum atomic E-state index is 0.0251. The molecule has 2 aromatic rings. The molecule has 0 radical (unpaired) electrons. The molecule has 1 aliphatic rings. The fourth-order valence-corrected chi connectivity index (χ4v) is 3.96. The molecule has 0 spiro atoms. The number of ether oxygens (including phenoxy) is 1. The molecule has 1 unspecified atom stereocenters. The number of hydrogen-bond acceptors (Lipinski definition) is 1. The van der Waals surface area contributed by atoms with Gasteiger partial charge in [-0.05, 0) is 23.1 Å². The van der Waals surface area contributed by atoms with Crippen molar-refractivity contribution >= 4 is 22.6 Å². The zero-order valence-corrected chi connectivity index (χ0v) is 13.0. The van der Waals surface area contributed by atoms with Crippen LogP contribution in [0.15, 0.2) is 54.6 Å². The maximum Gasteiger partial charge on any atom is 0.0720 e. The Bertz CT molecular complexity index is 552. The molecule has 1 atom stereocenters. The molecule has 98 valence electrons. The van der Waals surface area contributed by atoms with Crippen LogP contribution >= 0.6 is 22.6 Å². The zero-order valence-electron chi connectivity index (χ0n) is 10.8. The van der Waals surface area contributed by atoms with E-state index in [-0.39, 0.29) is 5.41 Å². The number of rotatable bonds is 3. The second-order valence-electron chi connectivity index (χ2n) is 5.04. The summed E-state index contributed by atoms with van der Waals surface area (Å²) in [5.41, 5.74) is 4.18. The molecule has 0 aliphatic carbocycles. The average Bonchev–Trinajstić information content (AvgIpc) is 2.49. The maximum absolute atomic E-state index is 5.92. The molecule has 2 heteroatoms. The van der Waals surface area contributed by atoms with E-state index in [0.717, 1.165) is 24.1 Å². The van der Waals surface area contributed by atoms with Gasteiger partial charge in [0.2, 0.25) is 0 Å². The van der Waals surface area contributed by atoms with E-state index in [0.29, 0.717) is 0 Å². The zero-order chi connectivity index (χ0) is 13.1. The minimum absolute atomic E-state index is 0.0251. The highest BCUT2D eigenvalue weighted by atomic mass is 127. The molecule has 1 nitrogen and oxygen atoms in total. The van der Waals surface area contributed by atoms with E-state index < -0.39 is 0 Å². The summed E-state index contributed by atoms with van der Waals surface area (Å²) in [6.07, 6.45) is 1.12. The molecule has 1 heterocycles. The van der Waals surface area contributed by atoms with Gasteiger partial charge < -0.3 is 4.74 Å². The van der Waals surface area contributed by atoms with Gasteiger partial charge in [0.05, 0.1) is 13.2 Å². The third kappa shape index (κ3) is 2.32. The Kier molecular flexibility index (Phi) is 3.89. The third-order valence-corrected chi connectivity index (χ3v) is 4.53. The van der Waals surface area contributed by atoms with E-state index >= 15 is 0 Å². The van der Waals surface area contributed by atoms with Gasteiger partial charge in [0.1, 0.15) is 0 Å². The van der Waals surface area contributed by atoms with Crippen LogP contribution in [-0.2, 0) is 16.8 Å². The molecular formula is C17H17IO. The lowest BCUT2D eigenvalue weighted by Crippen LogP contribution is -2.38. The van der Waals surface area contributed by atoms with Crippen molar-refractivity contribution in [2.24, 2.45) is 0 Å². The molecule has 2 aromatic carbocycles. The SMILES string of the molecule is ICCC1(c2ccccc2)COCc2ccccc21. The van der Waals surface area contributed by atoms with Gasteiger partial charge in [0, 0.05) is 9.84 Å². The Morgan fingerprint density at radius 1 is 1.00 bits per heavy atom. The lowest BCUT2D eigenvalue weighted by Gasteiger charge is -2.39. The van der Waals surface area contributed by atoms with E-state index in [1.807, 2.05) is 0 Å². The smallest absolute Gasteiger partial charge is 0.0720 e. The normalized spacial score (nSPS) is 21.9. The van der Waals surface area contributed by atoms with Crippen molar-refractivity contribution < 1.29 is 4.74 Å². The number of halogens is 1. The first-order chi connectivity index (χ1) is 9.37. The lowest BCUT2D eigenvalue weighted by molar-refractivity contribution is 0.0644. The highest BCUT2D eigenvalue weighted by Crippen LogP contribution is 2.41. The second kappa shape index (κ2) is 5.63. The third-order valence-electron chi connectivity index (χ3n) is 3.99. The number of alkyl halides is 1. The Labute approximate surface area is 128 Å². The number of hydrogen-bond donors (Lipinski definition) is 0. The van der Waals surface area contributed by atoms with Crippen LogP contribution in [0.2, 0.25) is 0 Å². The monoisotopic (exact) mass is 364 g/mol. The van der Waals surface area contributed by atoms with E-state index in [1.165, 1.54) is 16.7 Å². The summed E-state index contributed by atoms with van der Waals surface area (Å²) in [5, 5.41) is 0. The molecule has 0 saturated heterocycles. The maximum atomic E-state index is 5.92. The van der Waals surface area contributed by atoms with Gasteiger partial charge in [-0.1, -0.05) is 77.2 Å². The van der Waals surface area contributed by atoms with Crippen LogP contribution < -0.4 is 0 Å². The molecular weight excluding hydrogens is 347 g/mol. The van der Waals surface area contributed by atoms with Crippen LogP contribution in [0.4, 0.5) is 0 Å². The number of fused-ring (bicyclic) bond motifs is 1. The van der Waals surface area contributed by atoms with Gasteiger partial charge in [0.15, 0.2) is 0 Å². The molecule has 0 aromatic heterocycles. The molecule has 1 aliphatic heterocycles. The van der Waals surface area contributed by atoms with Crippen molar-refractivity contribution in [3.63, 3.8) is 0 Å². The fraction of sp³-hybridized carbons (Fsp3) is 0.294. The summed E-state index contributed by atoms with van der Waals surface area (Å²) < 4.78 is 7.04. The van der Waals surface area contributed by atoms with Crippen LogP contribution in [0.25, 0.3) is 0 Å². The van der Waals surface area contributed by atoms with Crippen molar-refractivity contribution in [2.45, 2.75) is 18.4 Å². The highest BCUT2D eigenvalue weighted by Gasteiger charge is 2.38. The Morgan fingerprint density at radius 3 is 2.53 bits per heavy atom. The van der Waals surface area contributed by atoms with Crippen LogP contribution in [0, 0.1) is 0 Å². The van der Waals surface area contributed by atoms with Gasteiger partial charge in [-0.25, -0.2) is 0 Å². The van der Waals surface area contributed by atoms with Crippen molar-refractivity contribution in [1.29, 1.82) is 0 Å². The van der Waals surface area contributed by atoms with E-state index in [2.05, 4.69) is 77.2 Å². The Morgan fingerprint density at radius 2 is 1.74 bits per heavy atom. The molecule has 0 saturated carbocycles. The second-order valence-corrected chi connectivity index (χ2v) is 6.12. The van der Waals surface area contributed by atoms with Crippen LogP contribution in [0.5, 0.6) is 0 Å². The Balaban J connectivity index is 2.17. The van der Waals surface area contributed by atoms with Crippen molar-refractivity contribution in [3.8, 4) is 0 Å². The van der Waals surface area contributed by atoms with Gasteiger partial charge in [0.25, 0.3) is 0 Å². The fourth-order valence-electron chi connectivity index (χ4n) is 3.03. The Hall–Kier alpha value is -0.870. The quantitative estimate of drug-likeness (QED) is 0.582. The van der Waals surface area contributed by atoms with Gasteiger partial charge in [-0.2, -0.15) is 0 Å². The van der Waals surface area contributed by atoms with Gasteiger partial charge in [-0.3, -0.25) is 0 Å². The predicted molar refractivity (Wildman–Crippen MR) is 86.8 cm³/mol. The van der Waals surface area contributed by atoms with Crippen molar-refractivity contribution in [3.05, 3.63) is 71.3 Å². The predicted octanol–water partition coefficient (Wildman–Crippen LogP) is 4.33. The van der Waals surface area contributed by atoms with Crippen molar-refractivity contribution in [1.82, 2.24) is 0 Å². The molecule has 19 heavy (non-hydrogen) atoms. The van der Waals surface area contributed by atoms with E-state index in [4.69, 9.17) is 4.74 Å². The van der Waals surface area contributed by atoms with Crippen LogP contribution in [-0.4, -0.2) is 11.0 Å².